The predicted molar refractivity (Wildman–Crippen MR) is 122 cm³/mol. The van der Waals surface area contributed by atoms with E-state index in [0.29, 0.717) is 50.3 Å². The van der Waals surface area contributed by atoms with Crippen LogP contribution in [-0.4, -0.2) is 51.9 Å². The van der Waals surface area contributed by atoms with Gasteiger partial charge < -0.3 is 30.8 Å². The number of rotatable bonds is 3. The number of carbonyl (C=O) groups excluding carboxylic acids is 1. The van der Waals surface area contributed by atoms with Gasteiger partial charge in [0, 0.05) is 50.2 Å². The largest absolute Gasteiger partial charge is 0.417 e. The average molecular weight is 477 g/mol. The minimum Gasteiger partial charge on any atom is -0.383 e. The van der Waals surface area contributed by atoms with Crippen LogP contribution in [0.5, 0.6) is 0 Å². The quantitative estimate of drug-likeness (QED) is 0.587. The zero-order chi connectivity index (χ0) is 24.7. The van der Waals surface area contributed by atoms with Crippen molar-refractivity contribution in [3.05, 3.63) is 46.0 Å². The van der Waals surface area contributed by atoms with Crippen molar-refractivity contribution in [3.63, 3.8) is 0 Å². The highest BCUT2D eigenvalue weighted by molar-refractivity contribution is 5.90. The van der Waals surface area contributed by atoms with E-state index in [9.17, 15) is 22.8 Å². The molecule has 0 aromatic carbocycles. The highest BCUT2D eigenvalue weighted by atomic mass is 19.4. The van der Waals surface area contributed by atoms with E-state index in [0.717, 1.165) is 29.3 Å². The molecule has 0 atom stereocenters. The van der Waals surface area contributed by atoms with Gasteiger partial charge in [-0.2, -0.15) is 13.2 Å². The Labute approximate surface area is 193 Å². The monoisotopic (exact) mass is 477 g/mol. The first kappa shape index (κ1) is 23.6. The molecule has 182 valence electrons. The lowest BCUT2D eigenvalue weighted by molar-refractivity contribution is -0.138. The van der Waals surface area contributed by atoms with Crippen molar-refractivity contribution in [1.29, 1.82) is 5.41 Å². The van der Waals surface area contributed by atoms with Gasteiger partial charge in [0.2, 0.25) is 0 Å². The summed E-state index contributed by atoms with van der Waals surface area (Å²) in [6, 6.07) is 1.92. The molecule has 12 heteroatoms. The van der Waals surface area contributed by atoms with Crippen LogP contribution in [-0.2, 0) is 13.2 Å². The van der Waals surface area contributed by atoms with E-state index in [2.05, 4.69) is 15.2 Å². The number of hydrogen-bond acceptors (Lipinski definition) is 6. The van der Waals surface area contributed by atoms with E-state index in [1.54, 1.807) is 17.2 Å². The van der Waals surface area contributed by atoms with Crippen LogP contribution in [0.2, 0.25) is 0 Å². The fourth-order valence-electron chi connectivity index (χ4n) is 4.86. The molecular weight excluding hydrogens is 451 g/mol. The molecule has 2 amide bonds. The average Bonchev–Trinajstić information content (AvgIpc) is 3.20. The molecule has 2 aliphatic heterocycles. The number of carbonyl (C=O) groups is 1. The minimum absolute atomic E-state index is 0.284. The molecule has 0 bridgehead atoms. The first-order valence-electron chi connectivity index (χ1n) is 10.9. The number of alkyl halides is 3. The van der Waals surface area contributed by atoms with E-state index in [1.165, 1.54) is 7.05 Å². The first-order valence-corrected chi connectivity index (χ1v) is 10.9. The third kappa shape index (κ3) is 4.31. The van der Waals surface area contributed by atoms with Gasteiger partial charge in [0.1, 0.15) is 11.5 Å². The molecular formula is C22H26F3N7O2. The Hall–Kier alpha value is -3.57. The Bertz CT molecular complexity index is 1170. The molecule has 4 heterocycles. The molecule has 0 radical (unpaired) electrons. The third-order valence-corrected chi connectivity index (χ3v) is 6.74. The molecule has 2 aromatic heterocycles. The fourth-order valence-corrected chi connectivity index (χ4v) is 4.86. The lowest BCUT2D eigenvalue weighted by Crippen LogP contribution is -2.55. The Kier molecular flexibility index (Phi) is 6.00. The maximum absolute atomic E-state index is 13.2. The summed E-state index contributed by atoms with van der Waals surface area (Å²) < 4.78 is 40.4. The normalized spacial score (nSPS) is 17.8. The fraction of sp³-hybridized carbons (Fsp3) is 0.455. The maximum Gasteiger partial charge on any atom is 0.417 e. The Morgan fingerprint density at radius 3 is 2.59 bits per heavy atom. The summed E-state index contributed by atoms with van der Waals surface area (Å²) in [5, 5.41) is 9.90. The molecule has 1 spiro atoms. The number of pyridine rings is 2. The van der Waals surface area contributed by atoms with Gasteiger partial charge in [0.05, 0.1) is 17.4 Å². The number of aryl methyl sites for hydroxylation is 1. The van der Waals surface area contributed by atoms with Crippen LogP contribution in [0.15, 0.2) is 29.3 Å². The Morgan fingerprint density at radius 2 is 1.94 bits per heavy atom. The van der Waals surface area contributed by atoms with Crippen molar-refractivity contribution in [2.75, 3.05) is 35.6 Å². The molecule has 0 saturated carbocycles. The number of nitrogens with one attached hydrogen (secondary N) is 2. The maximum atomic E-state index is 13.2. The number of amides is 2. The standard InChI is InChI=1S/C22H26F3N7O2/c1-30-13-15(22(23,24)25)10-17(19(30)33)29-20(34)32-6-2-3-21(32)4-7-31(8-5-21)16-9-14(11-26)18(27)28-12-16/h9-13,26H,2-8H2,1H3,(H2,27,28)(H,29,34). The zero-order valence-corrected chi connectivity index (χ0v) is 18.7. The molecule has 2 saturated heterocycles. The summed E-state index contributed by atoms with van der Waals surface area (Å²) in [6.07, 6.45) is 1.75. The van der Waals surface area contributed by atoms with Gasteiger partial charge in [-0.15, -0.1) is 0 Å². The van der Waals surface area contributed by atoms with Crippen molar-refractivity contribution in [3.8, 4) is 0 Å². The molecule has 0 unspecified atom stereocenters. The summed E-state index contributed by atoms with van der Waals surface area (Å²) in [5.41, 5.74) is 4.60. The van der Waals surface area contributed by atoms with Crippen LogP contribution in [0.3, 0.4) is 0 Å². The topological polar surface area (TPSA) is 120 Å². The number of aromatic nitrogens is 2. The van der Waals surface area contributed by atoms with Crippen molar-refractivity contribution in [2.24, 2.45) is 7.05 Å². The number of urea groups is 1. The van der Waals surface area contributed by atoms with E-state index < -0.39 is 34.6 Å². The summed E-state index contributed by atoms with van der Waals surface area (Å²) in [7, 11) is 1.22. The van der Waals surface area contributed by atoms with Crippen LogP contribution >= 0.6 is 0 Å². The highest BCUT2D eigenvalue weighted by Crippen LogP contribution is 2.40. The summed E-state index contributed by atoms with van der Waals surface area (Å²) >= 11 is 0. The number of halogens is 3. The van der Waals surface area contributed by atoms with E-state index >= 15 is 0 Å². The number of piperidine rings is 1. The highest BCUT2D eigenvalue weighted by Gasteiger charge is 2.45. The summed E-state index contributed by atoms with van der Waals surface area (Å²) in [4.78, 5) is 33.4. The van der Waals surface area contributed by atoms with Crippen LogP contribution in [0.25, 0.3) is 0 Å². The van der Waals surface area contributed by atoms with E-state index in [1.807, 2.05) is 0 Å². The summed E-state index contributed by atoms with van der Waals surface area (Å²) in [5.74, 6) is 0.284. The SMILES string of the molecule is Cn1cc(C(F)(F)F)cc(NC(=O)N2CCCC23CCN(c2cnc(N)c(C=N)c2)CC3)c1=O. The molecule has 0 aliphatic carbocycles. The van der Waals surface area contributed by atoms with E-state index in [-0.39, 0.29) is 5.82 Å². The number of anilines is 3. The number of hydrogen-bond donors (Lipinski definition) is 3. The second-order valence-electron chi connectivity index (χ2n) is 8.77. The van der Waals surface area contributed by atoms with Crippen LogP contribution < -0.4 is 21.5 Å². The first-order chi connectivity index (χ1) is 16.0. The number of nitrogens with zero attached hydrogens (tertiary/aromatic N) is 4. The van der Waals surface area contributed by atoms with Gasteiger partial charge >= 0.3 is 12.2 Å². The zero-order valence-electron chi connectivity index (χ0n) is 18.7. The molecule has 4 N–H and O–H groups in total. The molecule has 2 fully saturated rings. The molecule has 34 heavy (non-hydrogen) atoms. The molecule has 2 aromatic rings. The van der Waals surface area contributed by atoms with Gasteiger partial charge in [0.25, 0.3) is 5.56 Å². The van der Waals surface area contributed by atoms with Gasteiger partial charge in [0.15, 0.2) is 0 Å². The number of nitrogen functional groups attached to an aromatic ring is 1. The summed E-state index contributed by atoms with van der Waals surface area (Å²) in [6.45, 7) is 1.74. The second-order valence-corrected chi connectivity index (χ2v) is 8.77. The van der Waals surface area contributed by atoms with E-state index in [4.69, 9.17) is 11.1 Å². The minimum atomic E-state index is -4.64. The van der Waals surface area contributed by atoms with Crippen molar-refractivity contribution >= 4 is 29.4 Å². The van der Waals surface area contributed by atoms with Crippen LogP contribution in [0.1, 0.15) is 36.8 Å². The molecule has 4 rings (SSSR count). The number of likely N-dealkylation sites (tertiary alicyclic amines) is 1. The van der Waals surface area contributed by atoms with Gasteiger partial charge in [-0.1, -0.05) is 0 Å². The lowest BCUT2D eigenvalue weighted by atomic mass is 9.85. The Morgan fingerprint density at radius 1 is 1.24 bits per heavy atom. The number of nitrogens with two attached hydrogens (primary N) is 1. The molecule has 2 aliphatic rings. The Balaban J connectivity index is 1.50. The van der Waals surface area contributed by atoms with Crippen molar-refractivity contribution in [2.45, 2.75) is 37.4 Å². The third-order valence-electron chi connectivity index (χ3n) is 6.74. The van der Waals surface area contributed by atoms with Gasteiger partial charge in [-0.05, 0) is 37.8 Å². The smallest absolute Gasteiger partial charge is 0.383 e. The lowest BCUT2D eigenvalue weighted by Gasteiger charge is -2.45. The van der Waals surface area contributed by atoms with Crippen molar-refractivity contribution < 1.29 is 18.0 Å². The second kappa shape index (κ2) is 8.65. The molecule has 9 nitrogen and oxygen atoms in total. The van der Waals surface area contributed by atoms with Crippen LogP contribution in [0.4, 0.5) is 35.2 Å². The van der Waals surface area contributed by atoms with Gasteiger partial charge in [-0.3, -0.25) is 4.79 Å². The predicted octanol–water partition coefficient (Wildman–Crippen LogP) is 3.05. The van der Waals surface area contributed by atoms with Crippen LogP contribution in [0, 0.1) is 5.41 Å². The van der Waals surface area contributed by atoms with Crippen molar-refractivity contribution in [1.82, 2.24) is 14.5 Å². The van der Waals surface area contributed by atoms with Gasteiger partial charge in [-0.25, -0.2) is 9.78 Å².